The van der Waals surface area contributed by atoms with Crippen LogP contribution in [0.3, 0.4) is 0 Å². The van der Waals surface area contributed by atoms with Gasteiger partial charge in [-0.1, -0.05) is 6.07 Å². The molecule has 0 atom stereocenters. The molecule has 1 aliphatic rings. The molecule has 0 saturated carbocycles. The second-order valence-corrected chi connectivity index (χ2v) is 4.64. The molecule has 4 heteroatoms. The fourth-order valence-electron chi connectivity index (χ4n) is 2.29. The number of rotatable bonds is 4. The number of nitrogens with one attached hydrogen (secondary N) is 1. The molecule has 2 rings (SSSR count). The number of ether oxygens (including phenoxy) is 2. The summed E-state index contributed by atoms with van der Waals surface area (Å²) in [5.74, 6) is 1.53. The third-order valence-electron chi connectivity index (χ3n) is 3.40. The Hall–Kier alpha value is -1.68. The molecule has 1 N–H and O–H groups in total. The molecule has 1 aromatic rings. The van der Waals surface area contributed by atoms with Crippen LogP contribution in [-0.2, 0) is 0 Å². The Morgan fingerprint density at radius 1 is 1.16 bits per heavy atom. The second kappa shape index (κ2) is 6.48. The molecule has 1 aromatic carbocycles. The zero-order valence-corrected chi connectivity index (χ0v) is 11.9. The van der Waals surface area contributed by atoms with Crippen molar-refractivity contribution in [1.29, 1.82) is 0 Å². The number of nitrogens with zero attached hydrogens (tertiary/aromatic N) is 1. The molecule has 1 aliphatic heterocycles. The van der Waals surface area contributed by atoms with E-state index in [-0.39, 0.29) is 0 Å². The Balaban J connectivity index is 2.16. The van der Waals surface area contributed by atoms with Gasteiger partial charge in [0.25, 0.3) is 0 Å². The molecule has 0 aliphatic carbocycles. The minimum atomic E-state index is 0.763. The SMILES string of the molecule is COc1ccc(C=C(C)N2CCNCC2)cc1OC. The number of methoxy groups -OCH3 is 2. The normalized spacial score (nSPS) is 16.4. The van der Waals surface area contributed by atoms with E-state index in [1.807, 2.05) is 18.2 Å². The molecule has 1 fully saturated rings. The largest absolute Gasteiger partial charge is 0.493 e. The van der Waals surface area contributed by atoms with Crippen molar-refractivity contribution in [2.75, 3.05) is 40.4 Å². The van der Waals surface area contributed by atoms with Gasteiger partial charge in [0.05, 0.1) is 14.2 Å². The molecule has 4 nitrogen and oxygen atoms in total. The molecule has 1 heterocycles. The van der Waals surface area contributed by atoms with Crippen molar-refractivity contribution in [3.63, 3.8) is 0 Å². The van der Waals surface area contributed by atoms with Crippen LogP contribution >= 0.6 is 0 Å². The van der Waals surface area contributed by atoms with Crippen LogP contribution in [0.5, 0.6) is 11.5 Å². The van der Waals surface area contributed by atoms with E-state index in [2.05, 4.69) is 23.2 Å². The van der Waals surface area contributed by atoms with E-state index in [0.717, 1.165) is 43.2 Å². The molecule has 1 saturated heterocycles. The van der Waals surface area contributed by atoms with Gasteiger partial charge in [0.15, 0.2) is 11.5 Å². The standard InChI is InChI=1S/C15H22N2O2/c1-12(17-8-6-16-7-9-17)10-13-4-5-14(18-2)15(11-13)19-3/h4-5,10-11,16H,6-9H2,1-3H3. The summed E-state index contributed by atoms with van der Waals surface area (Å²) >= 11 is 0. The predicted molar refractivity (Wildman–Crippen MR) is 77.6 cm³/mol. The van der Waals surface area contributed by atoms with E-state index in [9.17, 15) is 0 Å². The molecule has 0 unspecified atom stereocenters. The molecular formula is C15H22N2O2. The van der Waals surface area contributed by atoms with Gasteiger partial charge in [0.1, 0.15) is 0 Å². The van der Waals surface area contributed by atoms with Gasteiger partial charge in [-0.25, -0.2) is 0 Å². The average Bonchev–Trinajstić information content (AvgIpc) is 2.48. The zero-order valence-electron chi connectivity index (χ0n) is 11.9. The Morgan fingerprint density at radius 3 is 2.47 bits per heavy atom. The van der Waals surface area contributed by atoms with E-state index in [1.165, 1.54) is 5.70 Å². The Morgan fingerprint density at radius 2 is 1.84 bits per heavy atom. The highest BCUT2D eigenvalue weighted by Gasteiger charge is 2.10. The highest BCUT2D eigenvalue weighted by Crippen LogP contribution is 2.28. The van der Waals surface area contributed by atoms with Crippen molar-refractivity contribution in [3.05, 3.63) is 29.5 Å². The molecule has 19 heavy (non-hydrogen) atoms. The minimum absolute atomic E-state index is 0.763. The fourth-order valence-corrected chi connectivity index (χ4v) is 2.29. The third-order valence-corrected chi connectivity index (χ3v) is 3.40. The van der Waals surface area contributed by atoms with Gasteiger partial charge in [0, 0.05) is 31.9 Å². The van der Waals surface area contributed by atoms with Gasteiger partial charge in [0.2, 0.25) is 0 Å². The van der Waals surface area contributed by atoms with Crippen molar-refractivity contribution in [3.8, 4) is 11.5 Å². The Kier molecular flexibility index (Phi) is 4.68. The maximum atomic E-state index is 5.33. The van der Waals surface area contributed by atoms with Crippen LogP contribution in [0, 0.1) is 0 Å². The first kappa shape index (κ1) is 13.7. The van der Waals surface area contributed by atoms with Crippen molar-refractivity contribution in [1.82, 2.24) is 10.2 Å². The minimum Gasteiger partial charge on any atom is -0.493 e. The van der Waals surface area contributed by atoms with E-state index in [1.54, 1.807) is 14.2 Å². The maximum Gasteiger partial charge on any atom is 0.161 e. The summed E-state index contributed by atoms with van der Waals surface area (Å²) in [5, 5.41) is 3.36. The van der Waals surface area contributed by atoms with E-state index in [0.29, 0.717) is 0 Å². The number of piperazine rings is 1. The summed E-state index contributed by atoms with van der Waals surface area (Å²) in [6.07, 6.45) is 2.19. The lowest BCUT2D eigenvalue weighted by molar-refractivity contribution is 0.302. The van der Waals surface area contributed by atoms with Crippen LogP contribution in [0.2, 0.25) is 0 Å². The number of benzene rings is 1. The van der Waals surface area contributed by atoms with Gasteiger partial charge in [-0.05, 0) is 30.7 Å². The molecule has 0 bridgehead atoms. The third kappa shape index (κ3) is 3.41. The molecule has 0 amide bonds. The van der Waals surface area contributed by atoms with Crippen LogP contribution < -0.4 is 14.8 Å². The summed E-state index contributed by atoms with van der Waals surface area (Å²) in [7, 11) is 3.31. The van der Waals surface area contributed by atoms with Crippen molar-refractivity contribution >= 4 is 6.08 Å². The molecule has 0 aromatic heterocycles. The van der Waals surface area contributed by atoms with Crippen LogP contribution in [0.1, 0.15) is 12.5 Å². The first-order valence-corrected chi connectivity index (χ1v) is 6.60. The van der Waals surface area contributed by atoms with Crippen LogP contribution in [0.25, 0.3) is 6.08 Å². The van der Waals surface area contributed by atoms with Crippen LogP contribution in [-0.4, -0.2) is 45.3 Å². The first-order valence-electron chi connectivity index (χ1n) is 6.60. The Labute approximate surface area is 115 Å². The summed E-state index contributed by atoms with van der Waals surface area (Å²) in [6.45, 7) is 6.39. The van der Waals surface area contributed by atoms with Crippen molar-refractivity contribution in [2.24, 2.45) is 0 Å². The average molecular weight is 262 g/mol. The topological polar surface area (TPSA) is 33.7 Å². The molecule has 0 spiro atoms. The predicted octanol–water partition coefficient (Wildman–Crippen LogP) is 1.97. The molecule has 0 radical (unpaired) electrons. The Bertz CT molecular complexity index is 451. The van der Waals surface area contributed by atoms with Gasteiger partial charge in [-0.15, -0.1) is 0 Å². The van der Waals surface area contributed by atoms with Crippen molar-refractivity contribution < 1.29 is 9.47 Å². The molecular weight excluding hydrogens is 240 g/mol. The second-order valence-electron chi connectivity index (χ2n) is 4.64. The quantitative estimate of drug-likeness (QED) is 0.899. The van der Waals surface area contributed by atoms with Crippen molar-refractivity contribution in [2.45, 2.75) is 6.92 Å². The number of hydrogen-bond donors (Lipinski definition) is 1. The van der Waals surface area contributed by atoms with E-state index >= 15 is 0 Å². The zero-order chi connectivity index (χ0) is 13.7. The van der Waals surface area contributed by atoms with E-state index in [4.69, 9.17) is 9.47 Å². The summed E-state index contributed by atoms with van der Waals surface area (Å²) in [5.41, 5.74) is 2.42. The van der Waals surface area contributed by atoms with E-state index < -0.39 is 0 Å². The lowest BCUT2D eigenvalue weighted by atomic mass is 10.1. The van der Waals surface area contributed by atoms with Gasteiger partial charge in [-0.2, -0.15) is 0 Å². The van der Waals surface area contributed by atoms with Gasteiger partial charge >= 0.3 is 0 Å². The van der Waals surface area contributed by atoms with Gasteiger partial charge < -0.3 is 19.7 Å². The maximum absolute atomic E-state index is 5.33. The fraction of sp³-hybridized carbons (Fsp3) is 0.467. The number of hydrogen-bond acceptors (Lipinski definition) is 4. The smallest absolute Gasteiger partial charge is 0.161 e. The lowest BCUT2D eigenvalue weighted by Crippen LogP contribution is -2.42. The highest BCUT2D eigenvalue weighted by atomic mass is 16.5. The molecule has 104 valence electrons. The number of allylic oxidation sites excluding steroid dienone is 1. The monoisotopic (exact) mass is 262 g/mol. The summed E-state index contributed by atoms with van der Waals surface area (Å²) in [4.78, 5) is 2.40. The van der Waals surface area contributed by atoms with Crippen LogP contribution in [0.4, 0.5) is 0 Å². The first-order chi connectivity index (χ1) is 9.24. The highest BCUT2D eigenvalue weighted by molar-refractivity contribution is 5.57. The van der Waals surface area contributed by atoms with Crippen LogP contribution in [0.15, 0.2) is 23.9 Å². The summed E-state index contributed by atoms with van der Waals surface area (Å²) in [6, 6.07) is 5.99. The lowest BCUT2D eigenvalue weighted by Gasteiger charge is -2.30. The van der Waals surface area contributed by atoms with Gasteiger partial charge in [-0.3, -0.25) is 0 Å². The summed E-state index contributed by atoms with van der Waals surface area (Å²) < 4.78 is 10.6.